The van der Waals surface area contributed by atoms with Gasteiger partial charge in [-0.2, -0.15) is 0 Å². The van der Waals surface area contributed by atoms with Crippen molar-refractivity contribution in [2.45, 2.75) is 26.4 Å². The first kappa shape index (κ1) is 10.7. The molecule has 10 heavy (non-hydrogen) atoms. The number of hydrogen-bond donors (Lipinski definition) is 0. The molecule has 0 bridgehead atoms. The molecule has 0 aliphatic rings. The molecule has 0 rings (SSSR count). The summed E-state index contributed by atoms with van der Waals surface area (Å²) in [5.41, 5.74) is 0. The second-order valence-corrected chi connectivity index (χ2v) is 5.89. The first-order chi connectivity index (χ1) is 4.72. The predicted octanol–water partition coefficient (Wildman–Crippen LogP) is 2.34. The van der Waals surface area contributed by atoms with Gasteiger partial charge in [0.2, 0.25) is 0 Å². The number of rotatable bonds is 5. The van der Waals surface area contributed by atoms with Crippen LogP contribution in [-0.2, 0) is 0 Å². The van der Waals surface area contributed by atoms with Gasteiger partial charge in [-0.05, 0) is 19.5 Å². The molecule has 61 valence electrons. The summed E-state index contributed by atoms with van der Waals surface area (Å²) in [6, 6.07) is 0. The van der Waals surface area contributed by atoms with Crippen LogP contribution in [0.3, 0.4) is 0 Å². The predicted molar refractivity (Wildman–Crippen MR) is 53.1 cm³/mol. The van der Waals surface area contributed by atoms with Crippen molar-refractivity contribution in [2.24, 2.45) is 0 Å². The lowest BCUT2D eigenvalue weighted by molar-refractivity contribution is 0.459. The Hall–Kier alpha value is 0.657. The van der Waals surface area contributed by atoms with Gasteiger partial charge < -0.3 is 4.57 Å². The van der Waals surface area contributed by atoms with Gasteiger partial charge in [0.25, 0.3) is 0 Å². The maximum atomic E-state index is 3.44. The molecule has 0 spiro atoms. The molecule has 0 aromatic rings. The zero-order valence-corrected chi connectivity index (χ0v) is 9.74. The Balaban J connectivity index is 3.40. The monoisotopic (exact) mass is 222 g/mol. The van der Waals surface area contributed by atoms with E-state index in [0.29, 0.717) is 0 Å². The molecule has 0 aliphatic carbocycles. The highest BCUT2D eigenvalue weighted by Gasteiger charge is 2.06. The van der Waals surface area contributed by atoms with Crippen LogP contribution < -0.4 is 0 Å². The van der Waals surface area contributed by atoms with Crippen LogP contribution in [-0.4, -0.2) is 31.9 Å². The van der Waals surface area contributed by atoms with Crippen molar-refractivity contribution in [3.8, 4) is 0 Å². The number of nitrogens with zero attached hydrogens (tertiary/aromatic N) is 1. The van der Waals surface area contributed by atoms with E-state index in [0.717, 1.165) is 5.33 Å². The number of halogens is 1. The zero-order valence-electron chi connectivity index (χ0n) is 7.15. The lowest BCUT2D eigenvalue weighted by Gasteiger charge is -2.22. The average molecular weight is 223 g/mol. The highest BCUT2D eigenvalue weighted by atomic mass is 79.9. The maximum absolute atomic E-state index is 3.44. The SMILES string of the molecule is CCN(CCCBr)[Si](C)C. The Morgan fingerprint density at radius 1 is 1.40 bits per heavy atom. The van der Waals surface area contributed by atoms with Crippen LogP contribution in [0.15, 0.2) is 0 Å². The quantitative estimate of drug-likeness (QED) is 0.511. The molecule has 0 saturated heterocycles. The molecule has 1 nitrogen and oxygen atoms in total. The molecule has 0 aromatic carbocycles. The third kappa shape index (κ3) is 4.47. The van der Waals surface area contributed by atoms with E-state index in [-0.39, 0.29) is 8.96 Å². The average Bonchev–Trinajstić information content (AvgIpc) is 1.89. The van der Waals surface area contributed by atoms with Crippen LogP contribution in [0.5, 0.6) is 0 Å². The molecule has 0 atom stereocenters. The van der Waals surface area contributed by atoms with Gasteiger partial charge in [-0.1, -0.05) is 35.9 Å². The highest BCUT2D eigenvalue weighted by Crippen LogP contribution is 1.97. The van der Waals surface area contributed by atoms with E-state index < -0.39 is 0 Å². The number of alkyl halides is 1. The summed E-state index contributed by atoms with van der Waals surface area (Å²) in [5.74, 6) is 0. The molecular weight excluding hydrogens is 206 g/mol. The number of hydrogen-bond acceptors (Lipinski definition) is 1. The van der Waals surface area contributed by atoms with Crippen molar-refractivity contribution in [1.82, 2.24) is 4.57 Å². The largest absolute Gasteiger partial charge is 0.325 e. The van der Waals surface area contributed by atoms with E-state index in [1.54, 1.807) is 0 Å². The fourth-order valence-electron chi connectivity index (χ4n) is 0.949. The highest BCUT2D eigenvalue weighted by molar-refractivity contribution is 9.09. The Kier molecular flexibility index (Phi) is 6.79. The molecule has 0 aliphatic heterocycles. The van der Waals surface area contributed by atoms with Gasteiger partial charge in [-0.3, -0.25) is 0 Å². The van der Waals surface area contributed by atoms with Crippen molar-refractivity contribution in [1.29, 1.82) is 0 Å². The minimum Gasteiger partial charge on any atom is -0.325 e. The summed E-state index contributed by atoms with van der Waals surface area (Å²) in [4.78, 5) is 0. The van der Waals surface area contributed by atoms with E-state index in [1.807, 2.05) is 0 Å². The summed E-state index contributed by atoms with van der Waals surface area (Å²) in [6.45, 7) is 9.42. The van der Waals surface area contributed by atoms with Crippen LogP contribution >= 0.6 is 15.9 Å². The molecule has 0 amide bonds. The van der Waals surface area contributed by atoms with Crippen LogP contribution in [0, 0.1) is 0 Å². The smallest absolute Gasteiger partial charge is 0.129 e. The zero-order chi connectivity index (χ0) is 7.98. The van der Waals surface area contributed by atoms with Crippen LogP contribution in [0.4, 0.5) is 0 Å². The van der Waals surface area contributed by atoms with Crippen LogP contribution in [0.25, 0.3) is 0 Å². The molecule has 0 aromatic heterocycles. The van der Waals surface area contributed by atoms with Gasteiger partial charge in [-0.15, -0.1) is 0 Å². The third-order valence-electron chi connectivity index (χ3n) is 1.58. The molecule has 0 heterocycles. The van der Waals surface area contributed by atoms with E-state index in [9.17, 15) is 0 Å². The van der Waals surface area contributed by atoms with Gasteiger partial charge in [0.15, 0.2) is 0 Å². The summed E-state index contributed by atoms with van der Waals surface area (Å²) in [5, 5.41) is 1.14. The van der Waals surface area contributed by atoms with Gasteiger partial charge in [0, 0.05) is 5.33 Å². The van der Waals surface area contributed by atoms with Gasteiger partial charge in [-0.25, -0.2) is 0 Å². The van der Waals surface area contributed by atoms with Crippen molar-refractivity contribution < 1.29 is 0 Å². The van der Waals surface area contributed by atoms with E-state index in [1.165, 1.54) is 19.5 Å². The van der Waals surface area contributed by atoms with E-state index in [4.69, 9.17) is 0 Å². The molecule has 0 N–H and O–H groups in total. The molecule has 0 saturated carbocycles. The van der Waals surface area contributed by atoms with Gasteiger partial charge >= 0.3 is 0 Å². The molecule has 3 heteroatoms. The summed E-state index contributed by atoms with van der Waals surface area (Å²) < 4.78 is 2.58. The van der Waals surface area contributed by atoms with E-state index >= 15 is 0 Å². The Morgan fingerprint density at radius 3 is 2.30 bits per heavy atom. The van der Waals surface area contributed by atoms with Crippen molar-refractivity contribution >= 4 is 24.9 Å². The fourth-order valence-corrected chi connectivity index (χ4v) is 2.44. The Bertz CT molecular complexity index is 78.0. The minimum absolute atomic E-state index is 0.184. The Labute approximate surface area is 74.6 Å². The molecule has 0 unspecified atom stereocenters. The molecule has 1 radical (unpaired) electrons. The van der Waals surface area contributed by atoms with Crippen molar-refractivity contribution in [3.05, 3.63) is 0 Å². The molecule has 0 fully saturated rings. The van der Waals surface area contributed by atoms with Crippen molar-refractivity contribution in [3.63, 3.8) is 0 Å². The molecular formula is C7H17BrNSi. The normalized spacial score (nSPS) is 11.4. The van der Waals surface area contributed by atoms with Crippen molar-refractivity contribution in [2.75, 3.05) is 18.4 Å². The second-order valence-electron chi connectivity index (χ2n) is 2.57. The first-order valence-corrected chi connectivity index (χ1v) is 7.40. The minimum atomic E-state index is -0.184. The lowest BCUT2D eigenvalue weighted by atomic mass is 10.5. The summed E-state index contributed by atoms with van der Waals surface area (Å²) >= 11 is 3.44. The standard InChI is InChI=1S/C7H17BrNSi/c1-4-9(10(2)3)7-5-6-8/h4-7H2,1-3H3. The van der Waals surface area contributed by atoms with Gasteiger partial charge in [0.05, 0.1) is 0 Å². The summed E-state index contributed by atoms with van der Waals surface area (Å²) in [7, 11) is -0.184. The maximum Gasteiger partial charge on any atom is 0.129 e. The fraction of sp³-hybridized carbons (Fsp3) is 1.00. The summed E-state index contributed by atoms with van der Waals surface area (Å²) in [6.07, 6.45) is 1.28. The van der Waals surface area contributed by atoms with Crippen LogP contribution in [0.1, 0.15) is 13.3 Å². The van der Waals surface area contributed by atoms with Crippen LogP contribution in [0.2, 0.25) is 13.1 Å². The topological polar surface area (TPSA) is 3.24 Å². The first-order valence-electron chi connectivity index (χ1n) is 3.83. The Morgan fingerprint density at radius 2 is 2.00 bits per heavy atom. The lowest BCUT2D eigenvalue weighted by Crippen LogP contribution is -2.35. The third-order valence-corrected chi connectivity index (χ3v) is 3.94. The van der Waals surface area contributed by atoms with E-state index in [2.05, 4.69) is 40.5 Å². The van der Waals surface area contributed by atoms with Gasteiger partial charge in [0.1, 0.15) is 8.96 Å². The second kappa shape index (κ2) is 6.37.